The summed E-state index contributed by atoms with van der Waals surface area (Å²) in [4.78, 5) is 25.0. The van der Waals surface area contributed by atoms with Gasteiger partial charge in [-0.1, -0.05) is 27.2 Å². The third-order valence-corrected chi connectivity index (χ3v) is 3.30. The van der Waals surface area contributed by atoms with E-state index >= 15 is 0 Å². The summed E-state index contributed by atoms with van der Waals surface area (Å²) < 4.78 is 0. The predicted octanol–water partition coefficient (Wildman–Crippen LogP) is 2.32. The zero-order chi connectivity index (χ0) is 14.4. The van der Waals surface area contributed by atoms with Crippen molar-refractivity contribution in [2.45, 2.75) is 52.5 Å². The van der Waals surface area contributed by atoms with Crippen molar-refractivity contribution in [2.75, 3.05) is 13.1 Å². The molecule has 1 atom stereocenters. The van der Waals surface area contributed by atoms with Crippen LogP contribution in [-0.2, 0) is 4.79 Å². The zero-order valence-corrected chi connectivity index (χ0v) is 12.2. The van der Waals surface area contributed by atoms with Crippen molar-refractivity contribution < 1.29 is 14.7 Å². The van der Waals surface area contributed by atoms with Gasteiger partial charge in [-0.2, -0.15) is 0 Å². The molecule has 19 heavy (non-hydrogen) atoms. The summed E-state index contributed by atoms with van der Waals surface area (Å²) in [6, 6.07) is 0.246. The van der Waals surface area contributed by atoms with E-state index < -0.39 is 11.9 Å². The van der Waals surface area contributed by atoms with Gasteiger partial charge in [-0.25, -0.2) is 4.79 Å². The molecule has 0 saturated heterocycles. The number of nitrogens with zero attached hydrogens (tertiary/aromatic N) is 1. The summed E-state index contributed by atoms with van der Waals surface area (Å²) in [6.45, 7) is 7.08. The van der Waals surface area contributed by atoms with Crippen LogP contribution in [0.2, 0.25) is 0 Å². The van der Waals surface area contributed by atoms with Crippen LogP contribution in [-0.4, -0.2) is 41.1 Å². The van der Waals surface area contributed by atoms with Crippen molar-refractivity contribution in [3.05, 3.63) is 0 Å². The largest absolute Gasteiger partial charge is 0.481 e. The summed E-state index contributed by atoms with van der Waals surface area (Å²) in [5, 5.41) is 11.8. The summed E-state index contributed by atoms with van der Waals surface area (Å²) in [5.41, 5.74) is 0. The van der Waals surface area contributed by atoms with Crippen molar-refractivity contribution in [2.24, 2.45) is 11.8 Å². The van der Waals surface area contributed by atoms with Crippen LogP contribution in [0.15, 0.2) is 0 Å². The van der Waals surface area contributed by atoms with E-state index in [9.17, 15) is 9.59 Å². The van der Waals surface area contributed by atoms with Gasteiger partial charge < -0.3 is 15.3 Å². The molecule has 1 rings (SSSR count). The number of hydrogen-bond acceptors (Lipinski definition) is 2. The van der Waals surface area contributed by atoms with E-state index in [2.05, 4.69) is 19.2 Å². The van der Waals surface area contributed by atoms with Gasteiger partial charge >= 0.3 is 12.0 Å². The second kappa shape index (κ2) is 7.36. The third-order valence-electron chi connectivity index (χ3n) is 3.30. The number of carbonyl (C=O) groups excluding carboxylic acids is 1. The Morgan fingerprint density at radius 1 is 1.37 bits per heavy atom. The van der Waals surface area contributed by atoms with Gasteiger partial charge in [-0.05, 0) is 25.2 Å². The quantitative estimate of drug-likeness (QED) is 0.711. The van der Waals surface area contributed by atoms with Crippen molar-refractivity contribution in [3.63, 3.8) is 0 Å². The highest BCUT2D eigenvalue weighted by atomic mass is 16.4. The molecule has 5 nitrogen and oxygen atoms in total. The average Bonchev–Trinajstić information content (AvgIpc) is 3.14. The minimum absolute atomic E-state index is 0.112. The lowest BCUT2D eigenvalue weighted by Crippen LogP contribution is -2.45. The standard InChI is InChI=1S/C14H26N2O3/c1-4-5-11(13(17)18)8-15-14(19)16(9-10(2)3)12-6-7-12/h10-12H,4-9H2,1-3H3,(H,15,19)(H,17,18). The SMILES string of the molecule is CCCC(CNC(=O)N(CC(C)C)C1CC1)C(=O)O. The number of amides is 2. The fraction of sp³-hybridized carbons (Fsp3) is 0.857. The number of nitrogens with one attached hydrogen (secondary N) is 1. The minimum Gasteiger partial charge on any atom is -0.481 e. The smallest absolute Gasteiger partial charge is 0.317 e. The van der Waals surface area contributed by atoms with Crippen molar-refractivity contribution in [1.82, 2.24) is 10.2 Å². The Balaban J connectivity index is 2.44. The van der Waals surface area contributed by atoms with Crippen LogP contribution in [0.4, 0.5) is 4.79 Å². The number of aliphatic carboxylic acids is 1. The Morgan fingerprint density at radius 2 is 2.00 bits per heavy atom. The normalized spacial score (nSPS) is 16.2. The lowest BCUT2D eigenvalue weighted by atomic mass is 10.0. The maximum Gasteiger partial charge on any atom is 0.317 e. The second-order valence-corrected chi connectivity index (χ2v) is 5.79. The molecule has 0 radical (unpaired) electrons. The molecule has 0 bridgehead atoms. The molecule has 1 saturated carbocycles. The monoisotopic (exact) mass is 270 g/mol. The van der Waals surface area contributed by atoms with Gasteiger partial charge in [0.2, 0.25) is 0 Å². The van der Waals surface area contributed by atoms with E-state index in [0.29, 0.717) is 18.4 Å². The van der Waals surface area contributed by atoms with E-state index in [0.717, 1.165) is 25.8 Å². The van der Waals surface area contributed by atoms with Crippen molar-refractivity contribution in [1.29, 1.82) is 0 Å². The maximum atomic E-state index is 12.1. The number of urea groups is 1. The van der Waals surface area contributed by atoms with Crippen LogP contribution < -0.4 is 5.32 Å². The molecule has 0 aromatic heterocycles. The molecule has 0 aromatic rings. The van der Waals surface area contributed by atoms with E-state index in [1.807, 2.05) is 11.8 Å². The highest BCUT2D eigenvalue weighted by Crippen LogP contribution is 2.27. The van der Waals surface area contributed by atoms with Gasteiger partial charge in [0.05, 0.1) is 5.92 Å². The Kier molecular flexibility index (Phi) is 6.12. The lowest BCUT2D eigenvalue weighted by Gasteiger charge is -2.25. The molecule has 0 spiro atoms. The van der Waals surface area contributed by atoms with Gasteiger partial charge in [-0.3, -0.25) is 4.79 Å². The summed E-state index contributed by atoms with van der Waals surface area (Å²) >= 11 is 0. The number of hydrogen-bond donors (Lipinski definition) is 2. The van der Waals surface area contributed by atoms with Crippen LogP contribution in [0.25, 0.3) is 0 Å². The first-order valence-electron chi connectivity index (χ1n) is 7.23. The molecule has 1 aliphatic rings. The lowest BCUT2D eigenvalue weighted by molar-refractivity contribution is -0.141. The molecule has 1 unspecified atom stereocenters. The summed E-state index contributed by atoms with van der Waals surface area (Å²) in [5.74, 6) is -0.879. The van der Waals surface area contributed by atoms with Gasteiger partial charge in [-0.15, -0.1) is 0 Å². The zero-order valence-electron chi connectivity index (χ0n) is 12.2. The maximum absolute atomic E-state index is 12.1. The van der Waals surface area contributed by atoms with E-state index in [1.54, 1.807) is 0 Å². The molecular weight excluding hydrogens is 244 g/mol. The number of carboxylic acid groups (broad SMARTS) is 1. The van der Waals surface area contributed by atoms with Crippen LogP contribution >= 0.6 is 0 Å². The van der Waals surface area contributed by atoms with Crippen molar-refractivity contribution in [3.8, 4) is 0 Å². The molecule has 2 N–H and O–H groups in total. The molecule has 0 aromatic carbocycles. The molecule has 1 aliphatic carbocycles. The Bertz CT molecular complexity index is 314. The fourth-order valence-corrected chi connectivity index (χ4v) is 2.15. The average molecular weight is 270 g/mol. The first-order valence-corrected chi connectivity index (χ1v) is 7.23. The first-order chi connectivity index (χ1) is 8.95. The second-order valence-electron chi connectivity index (χ2n) is 5.79. The summed E-state index contributed by atoms with van der Waals surface area (Å²) in [6.07, 6.45) is 3.54. The van der Waals surface area contributed by atoms with E-state index in [1.165, 1.54) is 0 Å². The molecule has 5 heteroatoms. The van der Waals surface area contributed by atoms with Crippen LogP contribution in [0.3, 0.4) is 0 Å². The molecule has 0 heterocycles. The third kappa shape index (κ3) is 5.49. The van der Waals surface area contributed by atoms with Gasteiger partial charge in [0.1, 0.15) is 0 Å². The highest BCUT2D eigenvalue weighted by Gasteiger charge is 2.33. The number of rotatable bonds is 8. The minimum atomic E-state index is -0.830. The summed E-state index contributed by atoms with van der Waals surface area (Å²) in [7, 11) is 0. The molecule has 2 amide bonds. The predicted molar refractivity (Wildman–Crippen MR) is 74.0 cm³/mol. The Morgan fingerprint density at radius 3 is 2.42 bits per heavy atom. The van der Waals surface area contributed by atoms with Gasteiger partial charge in [0.25, 0.3) is 0 Å². The molecule has 110 valence electrons. The van der Waals surface area contributed by atoms with E-state index in [4.69, 9.17) is 5.11 Å². The fourth-order valence-electron chi connectivity index (χ4n) is 2.15. The van der Waals surface area contributed by atoms with Crippen LogP contribution in [0.1, 0.15) is 46.5 Å². The van der Waals surface area contributed by atoms with Crippen molar-refractivity contribution >= 4 is 12.0 Å². The molecule has 1 fully saturated rings. The highest BCUT2D eigenvalue weighted by molar-refractivity contribution is 5.76. The Hall–Kier alpha value is -1.26. The first kappa shape index (κ1) is 15.8. The van der Waals surface area contributed by atoms with Gasteiger partial charge in [0.15, 0.2) is 0 Å². The Labute approximate surface area is 115 Å². The van der Waals surface area contributed by atoms with Crippen LogP contribution in [0, 0.1) is 11.8 Å². The molecular formula is C14H26N2O3. The molecule has 0 aliphatic heterocycles. The van der Waals surface area contributed by atoms with E-state index in [-0.39, 0.29) is 12.6 Å². The topological polar surface area (TPSA) is 69.6 Å². The van der Waals surface area contributed by atoms with Gasteiger partial charge in [0, 0.05) is 19.1 Å². The number of carboxylic acids is 1. The number of carbonyl (C=O) groups is 2. The van der Waals surface area contributed by atoms with Crippen LogP contribution in [0.5, 0.6) is 0 Å².